The summed E-state index contributed by atoms with van der Waals surface area (Å²) in [7, 11) is 0. The van der Waals surface area contributed by atoms with Crippen LogP contribution in [-0.4, -0.2) is 24.0 Å². The van der Waals surface area contributed by atoms with E-state index in [2.05, 4.69) is 40.2 Å². The first-order chi connectivity index (χ1) is 11.6. The predicted molar refractivity (Wildman–Crippen MR) is 90.2 cm³/mol. The lowest BCUT2D eigenvalue weighted by atomic mass is 9.92. The van der Waals surface area contributed by atoms with Gasteiger partial charge in [0.05, 0.1) is 17.4 Å². The van der Waals surface area contributed by atoms with E-state index in [1.807, 2.05) is 6.20 Å². The van der Waals surface area contributed by atoms with Crippen molar-refractivity contribution in [3.05, 3.63) is 36.0 Å². The molecule has 2 aromatic rings. The number of benzene rings is 1. The van der Waals surface area contributed by atoms with Crippen LogP contribution in [-0.2, 0) is 10.2 Å². The van der Waals surface area contributed by atoms with Gasteiger partial charge >= 0.3 is 0 Å². The zero-order chi connectivity index (χ0) is 16.5. The Balaban J connectivity index is 1.49. The molecule has 2 saturated carbocycles. The van der Waals surface area contributed by atoms with Crippen molar-refractivity contribution >= 4 is 22.5 Å². The van der Waals surface area contributed by atoms with Gasteiger partial charge in [-0.3, -0.25) is 4.79 Å². The van der Waals surface area contributed by atoms with Gasteiger partial charge in [-0.05, 0) is 47.8 Å². The standard InChI is InChI=1S/C19H18N4O/c20-11-19(10-18(19)3-4-18)15-2-1-12-7-22-16(6-13(12)5-15)23-8-14(9-23)17(21)24/h1-2,5-7,14H,3-4,8-10H2,(H2,21,24). The summed E-state index contributed by atoms with van der Waals surface area (Å²) < 4.78 is 0. The van der Waals surface area contributed by atoms with Gasteiger partial charge in [0.1, 0.15) is 5.82 Å². The monoisotopic (exact) mass is 318 g/mol. The van der Waals surface area contributed by atoms with Crippen LogP contribution < -0.4 is 10.6 Å². The van der Waals surface area contributed by atoms with Gasteiger partial charge in [0.15, 0.2) is 0 Å². The molecule has 1 aromatic heterocycles. The lowest BCUT2D eigenvalue weighted by Gasteiger charge is -2.38. The molecule has 1 amide bonds. The van der Waals surface area contributed by atoms with Crippen molar-refractivity contribution in [1.29, 1.82) is 5.26 Å². The predicted octanol–water partition coefficient (Wildman–Crippen LogP) is 2.10. The SMILES string of the molecule is N#CC1(c2ccc3cnc(N4CC(C(N)=O)C4)cc3c2)CC12CC2. The molecule has 1 unspecified atom stereocenters. The lowest BCUT2D eigenvalue weighted by Crippen LogP contribution is -2.52. The third-order valence-electron chi connectivity index (χ3n) is 6.24. The number of aromatic nitrogens is 1. The van der Waals surface area contributed by atoms with Crippen LogP contribution >= 0.6 is 0 Å². The minimum atomic E-state index is -0.265. The maximum absolute atomic E-state index is 11.2. The lowest BCUT2D eigenvalue weighted by molar-refractivity contribution is -0.122. The molecule has 1 aliphatic heterocycles. The van der Waals surface area contributed by atoms with Crippen molar-refractivity contribution in [1.82, 2.24) is 4.98 Å². The molecule has 1 atom stereocenters. The number of hydrogen-bond acceptors (Lipinski definition) is 4. The molecule has 5 nitrogen and oxygen atoms in total. The van der Waals surface area contributed by atoms with Gasteiger partial charge in [0, 0.05) is 24.7 Å². The summed E-state index contributed by atoms with van der Waals surface area (Å²) in [5.74, 6) is 0.561. The van der Waals surface area contributed by atoms with Gasteiger partial charge in [-0.2, -0.15) is 5.26 Å². The number of carbonyl (C=O) groups excluding carboxylic acids is 1. The Bertz CT molecular complexity index is 921. The van der Waals surface area contributed by atoms with E-state index in [-0.39, 0.29) is 22.7 Å². The van der Waals surface area contributed by atoms with Gasteiger partial charge < -0.3 is 10.6 Å². The minimum Gasteiger partial charge on any atom is -0.369 e. The Morgan fingerprint density at radius 2 is 2.08 bits per heavy atom. The molecule has 2 N–H and O–H groups in total. The van der Waals surface area contributed by atoms with Gasteiger partial charge in [-0.1, -0.05) is 12.1 Å². The number of amides is 1. The van der Waals surface area contributed by atoms with Crippen LogP contribution in [0.5, 0.6) is 0 Å². The molecule has 3 aliphatic rings. The number of pyridine rings is 1. The Morgan fingerprint density at radius 1 is 1.29 bits per heavy atom. The molecule has 2 heterocycles. The zero-order valence-corrected chi connectivity index (χ0v) is 13.3. The fraction of sp³-hybridized carbons (Fsp3) is 0.421. The van der Waals surface area contributed by atoms with Crippen molar-refractivity contribution in [2.45, 2.75) is 24.7 Å². The van der Waals surface area contributed by atoms with Crippen molar-refractivity contribution in [3.63, 3.8) is 0 Å². The summed E-state index contributed by atoms with van der Waals surface area (Å²) >= 11 is 0. The molecule has 5 heteroatoms. The normalized spacial score (nSPS) is 26.9. The number of hydrogen-bond donors (Lipinski definition) is 1. The Hall–Kier alpha value is -2.61. The smallest absolute Gasteiger partial charge is 0.224 e. The van der Waals surface area contributed by atoms with Crippen LogP contribution in [0.1, 0.15) is 24.8 Å². The van der Waals surface area contributed by atoms with Crippen molar-refractivity contribution in [2.75, 3.05) is 18.0 Å². The fourth-order valence-corrected chi connectivity index (χ4v) is 4.26. The molecule has 5 rings (SSSR count). The van der Waals surface area contributed by atoms with Crippen LogP contribution in [0.4, 0.5) is 5.82 Å². The fourth-order valence-electron chi connectivity index (χ4n) is 4.26. The van der Waals surface area contributed by atoms with E-state index in [9.17, 15) is 10.1 Å². The number of nitrogens with zero attached hydrogens (tertiary/aromatic N) is 3. The minimum absolute atomic E-state index is 0.0723. The maximum Gasteiger partial charge on any atom is 0.224 e. The van der Waals surface area contributed by atoms with E-state index < -0.39 is 0 Å². The van der Waals surface area contributed by atoms with Crippen LogP contribution in [0.3, 0.4) is 0 Å². The highest BCUT2D eigenvalue weighted by molar-refractivity contribution is 5.86. The highest BCUT2D eigenvalue weighted by Gasteiger charge is 2.75. The average molecular weight is 318 g/mol. The van der Waals surface area contributed by atoms with Crippen LogP contribution in [0, 0.1) is 22.7 Å². The molecule has 0 radical (unpaired) electrons. The van der Waals surface area contributed by atoms with Crippen molar-refractivity contribution < 1.29 is 4.79 Å². The van der Waals surface area contributed by atoms with Gasteiger partial charge in [-0.15, -0.1) is 0 Å². The van der Waals surface area contributed by atoms with Crippen molar-refractivity contribution in [2.24, 2.45) is 17.1 Å². The molecule has 1 spiro atoms. The summed E-state index contributed by atoms with van der Waals surface area (Å²) in [5.41, 5.74) is 6.49. The number of anilines is 1. The van der Waals surface area contributed by atoms with E-state index in [0.717, 1.165) is 28.6 Å². The van der Waals surface area contributed by atoms with Crippen molar-refractivity contribution in [3.8, 4) is 6.07 Å². The Labute approximate surface area is 140 Å². The number of nitrogens with two attached hydrogens (primary N) is 1. The van der Waals surface area contributed by atoms with E-state index in [1.165, 1.54) is 12.8 Å². The molecule has 24 heavy (non-hydrogen) atoms. The van der Waals surface area contributed by atoms with E-state index in [4.69, 9.17) is 5.73 Å². The second-order valence-electron chi connectivity index (χ2n) is 7.58. The highest BCUT2D eigenvalue weighted by atomic mass is 16.1. The number of carbonyl (C=O) groups is 1. The van der Waals surface area contributed by atoms with Gasteiger partial charge in [0.25, 0.3) is 0 Å². The largest absolute Gasteiger partial charge is 0.369 e. The highest BCUT2D eigenvalue weighted by Crippen LogP contribution is 2.78. The quantitative estimate of drug-likeness (QED) is 0.939. The summed E-state index contributed by atoms with van der Waals surface area (Å²) in [6.07, 6.45) is 5.24. The zero-order valence-electron chi connectivity index (χ0n) is 13.3. The summed E-state index contributed by atoms with van der Waals surface area (Å²) in [6, 6.07) is 11.0. The number of primary amides is 1. The molecule has 120 valence electrons. The van der Waals surface area contributed by atoms with Gasteiger partial charge in [-0.25, -0.2) is 4.98 Å². The topological polar surface area (TPSA) is 83.0 Å². The molecular weight excluding hydrogens is 300 g/mol. The molecule has 1 aromatic carbocycles. The number of rotatable bonds is 3. The molecular formula is C19H18N4O. The van der Waals surface area contributed by atoms with E-state index in [0.29, 0.717) is 13.1 Å². The van der Waals surface area contributed by atoms with Crippen LogP contribution in [0.25, 0.3) is 10.8 Å². The number of nitriles is 1. The molecule has 1 saturated heterocycles. The van der Waals surface area contributed by atoms with E-state index >= 15 is 0 Å². The molecule has 0 bridgehead atoms. The number of fused-ring (bicyclic) bond motifs is 1. The summed E-state index contributed by atoms with van der Waals surface area (Å²) in [5, 5.41) is 11.9. The first-order valence-corrected chi connectivity index (χ1v) is 8.43. The summed E-state index contributed by atoms with van der Waals surface area (Å²) in [4.78, 5) is 17.7. The second-order valence-corrected chi connectivity index (χ2v) is 7.58. The van der Waals surface area contributed by atoms with E-state index in [1.54, 1.807) is 0 Å². The molecule has 2 aliphatic carbocycles. The van der Waals surface area contributed by atoms with Crippen LogP contribution in [0.15, 0.2) is 30.5 Å². The second kappa shape index (κ2) is 4.27. The first kappa shape index (κ1) is 13.8. The first-order valence-electron chi connectivity index (χ1n) is 8.43. The Morgan fingerprint density at radius 3 is 2.71 bits per heavy atom. The van der Waals surface area contributed by atoms with Crippen LogP contribution in [0.2, 0.25) is 0 Å². The van der Waals surface area contributed by atoms with Gasteiger partial charge in [0.2, 0.25) is 5.91 Å². The third kappa shape index (κ3) is 1.68. The maximum atomic E-state index is 11.2. The average Bonchev–Trinajstić information content (AvgIpc) is 3.44. The Kier molecular flexibility index (Phi) is 2.45. The molecule has 3 fully saturated rings. The third-order valence-corrected chi connectivity index (χ3v) is 6.24. The summed E-state index contributed by atoms with van der Waals surface area (Å²) in [6.45, 7) is 1.28.